The van der Waals surface area contributed by atoms with E-state index in [1.807, 2.05) is 32.0 Å². The summed E-state index contributed by atoms with van der Waals surface area (Å²) in [6.45, 7) is 8.24. The molecule has 7 heteroatoms. The monoisotopic (exact) mass is 357 g/mol. The van der Waals surface area contributed by atoms with Gasteiger partial charge in [-0.3, -0.25) is 4.99 Å². The minimum atomic E-state index is 0.189. The first-order chi connectivity index (χ1) is 12.7. The molecule has 2 N–H and O–H groups in total. The van der Waals surface area contributed by atoms with E-state index in [0.717, 1.165) is 30.5 Å². The molecular weight excluding hydrogens is 330 g/mol. The number of guanidine groups is 1. The van der Waals surface area contributed by atoms with Crippen molar-refractivity contribution in [3.63, 3.8) is 0 Å². The number of ether oxygens (including phenoxy) is 1. The molecule has 0 saturated heterocycles. The van der Waals surface area contributed by atoms with Gasteiger partial charge in [0.1, 0.15) is 5.75 Å². The van der Waals surface area contributed by atoms with Crippen LogP contribution in [0.3, 0.4) is 0 Å². The van der Waals surface area contributed by atoms with E-state index < -0.39 is 0 Å². The number of nitrogens with zero attached hydrogens (tertiary/aromatic N) is 3. The molecule has 1 aliphatic heterocycles. The molecule has 26 heavy (non-hydrogen) atoms. The molecule has 3 rings (SSSR count). The van der Waals surface area contributed by atoms with Crippen molar-refractivity contribution in [3.05, 3.63) is 41.5 Å². The molecule has 1 unspecified atom stereocenters. The van der Waals surface area contributed by atoms with Gasteiger partial charge in [0.15, 0.2) is 11.8 Å². The number of nitrogens with one attached hydrogen (secondary N) is 2. The zero-order valence-corrected chi connectivity index (χ0v) is 15.7. The number of aliphatic imine (C=N–C) groups is 1. The number of aromatic nitrogens is 2. The van der Waals surface area contributed by atoms with Gasteiger partial charge in [-0.25, -0.2) is 0 Å². The second-order valence-corrected chi connectivity index (χ2v) is 6.58. The van der Waals surface area contributed by atoms with Crippen molar-refractivity contribution in [1.82, 2.24) is 20.8 Å². The quantitative estimate of drug-likeness (QED) is 0.611. The first-order valence-corrected chi connectivity index (χ1v) is 9.26. The Morgan fingerprint density at radius 2 is 2.19 bits per heavy atom. The van der Waals surface area contributed by atoms with Crippen LogP contribution in [0.2, 0.25) is 0 Å². The molecule has 140 valence electrons. The van der Waals surface area contributed by atoms with Gasteiger partial charge in [0.05, 0.1) is 19.2 Å². The summed E-state index contributed by atoms with van der Waals surface area (Å²) in [6.07, 6.45) is 1.53. The van der Waals surface area contributed by atoms with Crippen LogP contribution in [-0.4, -0.2) is 35.8 Å². The summed E-state index contributed by atoms with van der Waals surface area (Å²) in [5.74, 6) is 3.37. The maximum atomic E-state index is 5.73. The van der Waals surface area contributed by atoms with E-state index in [4.69, 9.17) is 9.26 Å². The molecule has 0 spiro atoms. The van der Waals surface area contributed by atoms with Crippen LogP contribution in [0.15, 0.2) is 33.8 Å². The summed E-state index contributed by atoms with van der Waals surface area (Å²) in [6, 6.07) is 8.33. The number of rotatable bonds is 6. The highest BCUT2D eigenvalue weighted by molar-refractivity contribution is 5.80. The molecule has 7 nitrogen and oxygen atoms in total. The zero-order valence-electron chi connectivity index (χ0n) is 15.7. The molecule has 0 bridgehead atoms. The third-order valence-corrected chi connectivity index (χ3v) is 4.21. The van der Waals surface area contributed by atoms with Crippen molar-refractivity contribution >= 4 is 5.96 Å². The second-order valence-electron chi connectivity index (χ2n) is 6.58. The Morgan fingerprint density at radius 3 is 2.96 bits per heavy atom. The Bertz CT molecular complexity index is 741. The topological polar surface area (TPSA) is 84.6 Å². The predicted molar refractivity (Wildman–Crippen MR) is 101 cm³/mol. The number of fused-ring (bicyclic) bond motifs is 1. The average molecular weight is 357 g/mol. The lowest BCUT2D eigenvalue weighted by molar-refractivity contribution is 0.261. The Balaban J connectivity index is 1.62. The van der Waals surface area contributed by atoms with E-state index in [1.54, 1.807) is 0 Å². The van der Waals surface area contributed by atoms with Gasteiger partial charge in [0.25, 0.3) is 0 Å². The van der Waals surface area contributed by atoms with Crippen LogP contribution >= 0.6 is 0 Å². The molecule has 1 aromatic heterocycles. The molecule has 1 aliphatic rings. The van der Waals surface area contributed by atoms with Crippen LogP contribution in [0.1, 0.15) is 56.4 Å². The molecule has 0 saturated carbocycles. The SMILES string of the molecule is CCNC(=NCCc1nc(C(C)C)no1)NC1CCOc2ccccc21. The maximum Gasteiger partial charge on any atom is 0.228 e. The van der Waals surface area contributed by atoms with Gasteiger partial charge in [-0.05, 0) is 13.0 Å². The minimum absolute atomic E-state index is 0.189. The molecule has 2 heterocycles. The fourth-order valence-electron chi connectivity index (χ4n) is 2.84. The number of para-hydroxylation sites is 1. The summed E-state index contributed by atoms with van der Waals surface area (Å²) < 4.78 is 11.0. The summed E-state index contributed by atoms with van der Waals surface area (Å²) in [5.41, 5.74) is 1.17. The van der Waals surface area contributed by atoms with Gasteiger partial charge in [-0.15, -0.1) is 0 Å². The van der Waals surface area contributed by atoms with E-state index >= 15 is 0 Å². The Kier molecular flexibility index (Phi) is 6.09. The highest BCUT2D eigenvalue weighted by Gasteiger charge is 2.21. The van der Waals surface area contributed by atoms with E-state index in [9.17, 15) is 0 Å². The minimum Gasteiger partial charge on any atom is -0.493 e. The van der Waals surface area contributed by atoms with Crippen LogP contribution in [0.5, 0.6) is 5.75 Å². The molecule has 2 aromatic rings. The first kappa shape index (κ1) is 18.2. The molecular formula is C19H27N5O2. The van der Waals surface area contributed by atoms with Crippen molar-refractivity contribution in [2.45, 2.75) is 45.6 Å². The van der Waals surface area contributed by atoms with E-state index in [-0.39, 0.29) is 12.0 Å². The lowest BCUT2D eigenvalue weighted by Crippen LogP contribution is -2.41. The fraction of sp³-hybridized carbons (Fsp3) is 0.526. The van der Waals surface area contributed by atoms with E-state index in [0.29, 0.717) is 25.5 Å². The standard InChI is InChI=1S/C19H27N5O2/c1-4-20-19(21-11-9-17-23-18(13(2)3)24-26-17)22-15-10-12-25-16-8-6-5-7-14(15)16/h5-8,13,15H,4,9-12H2,1-3H3,(H2,20,21,22). The van der Waals surface area contributed by atoms with E-state index in [2.05, 4.69) is 38.8 Å². The zero-order chi connectivity index (χ0) is 18.4. The molecule has 0 radical (unpaired) electrons. The number of hydrogen-bond acceptors (Lipinski definition) is 5. The van der Waals surface area contributed by atoms with Crippen molar-refractivity contribution in [2.24, 2.45) is 4.99 Å². The van der Waals surface area contributed by atoms with Crippen LogP contribution < -0.4 is 15.4 Å². The largest absolute Gasteiger partial charge is 0.493 e. The van der Waals surface area contributed by atoms with Gasteiger partial charge >= 0.3 is 0 Å². The highest BCUT2D eigenvalue weighted by Crippen LogP contribution is 2.31. The van der Waals surface area contributed by atoms with Crippen LogP contribution in [0.25, 0.3) is 0 Å². The summed E-state index contributed by atoms with van der Waals surface area (Å²) in [4.78, 5) is 9.05. The lowest BCUT2D eigenvalue weighted by Gasteiger charge is -2.28. The van der Waals surface area contributed by atoms with Crippen LogP contribution in [-0.2, 0) is 6.42 Å². The van der Waals surface area contributed by atoms with Crippen molar-refractivity contribution in [2.75, 3.05) is 19.7 Å². The normalized spacial score (nSPS) is 16.9. The Labute approximate surface area is 154 Å². The summed E-state index contributed by atoms with van der Waals surface area (Å²) in [5, 5.41) is 10.8. The van der Waals surface area contributed by atoms with Crippen molar-refractivity contribution in [1.29, 1.82) is 0 Å². The Morgan fingerprint density at radius 1 is 1.35 bits per heavy atom. The van der Waals surface area contributed by atoms with Gasteiger partial charge in [0, 0.05) is 30.9 Å². The average Bonchev–Trinajstić information content (AvgIpc) is 3.11. The maximum absolute atomic E-state index is 5.73. The van der Waals surface area contributed by atoms with Gasteiger partial charge in [-0.2, -0.15) is 4.98 Å². The smallest absolute Gasteiger partial charge is 0.228 e. The fourth-order valence-corrected chi connectivity index (χ4v) is 2.84. The third-order valence-electron chi connectivity index (χ3n) is 4.21. The molecule has 1 aromatic carbocycles. The van der Waals surface area contributed by atoms with Gasteiger partial charge in [0.2, 0.25) is 5.89 Å². The van der Waals surface area contributed by atoms with Gasteiger partial charge < -0.3 is 19.9 Å². The van der Waals surface area contributed by atoms with Gasteiger partial charge in [-0.1, -0.05) is 37.2 Å². The molecule has 0 aliphatic carbocycles. The van der Waals surface area contributed by atoms with Crippen molar-refractivity contribution < 1.29 is 9.26 Å². The lowest BCUT2D eigenvalue weighted by atomic mass is 10.0. The highest BCUT2D eigenvalue weighted by atomic mass is 16.5. The summed E-state index contributed by atoms with van der Waals surface area (Å²) in [7, 11) is 0. The summed E-state index contributed by atoms with van der Waals surface area (Å²) >= 11 is 0. The van der Waals surface area contributed by atoms with Crippen molar-refractivity contribution in [3.8, 4) is 5.75 Å². The molecule has 1 atom stereocenters. The van der Waals surface area contributed by atoms with E-state index in [1.165, 1.54) is 5.56 Å². The van der Waals surface area contributed by atoms with Crippen LogP contribution in [0, 0.1) is 0 Å². The second kappa shape index (κ2) is 8.69. The third kappa shape index (κ3) is 4.53. The Hall–Kier alpha value is -2.57. The first-order valence-electron chi connectivity index (χ1n) is 9.26. The molecule has 0 fully saturated rings. The number of benzene rings is 1. The molecule has 0 amide bonds. The number of hydrogen-bond donors (Lipinski definition) is 2. The van der Waals surface area contributed by atoms with Crippen LogP contribution in [0.4, 0.5) is 0 Å². The predicted octanol–water partition coefficient (Wildman–Crippen LogP) is 2.81.